The molecule has 1 heterocycles. The first-order chi connectivity index (χ1) is 7.70. The van der Waals surface area contributed by atoms with E-state index in [0.717, 1.165) is 18.6 Å². The molecule has 16 heavy (non-hydrogen) atoms. The standard InChI is InChI=1S/C8H8B2N4O2/c9-10-13-5-8(11-12-13)6-1-3-7(4-2-6)14(15)16/h1-5,10H,9H2. The Morgan fingerprint density at radius 3 is 2.56 bits per heavy atom. The Kier molecular flexibility index (Phi) is 2.72. The Morgan fingerprint density at radius 1 is 1.38 bits per heavy atom. The lowest BCUT2D eigenvalue weighted by molar-refractivity contribution is -0.384. The van der Waals surface area contributed by atoms with Gasteiger partial charge in [-0.1, -0.05) is 5.21 Å². The van der Waals surface area contributed by atoms with E-state index in [1.807, 2.05) is 7.74 Å². The average Bonchev–Trinajstić information content (AvgIpc) is 2.77. The average molecular weight is 214 g/mol. The zero-order valence-electron chi connectivity index (χ0n) is 8.70. The minimum atomic E-state index is -0.424. The molecule has 2 aromatic rings. The van der Waals surface area contributed by atoms with Gasteiger partial charge in [-0.15, -0.1) is 5.10 Å². The Bertz CT molecular complexity index is 511. The lowest BCUT2D eigenvalue weighted by Gasteiger charge is -1.94. The normalized spacial score (nSPS) is 10.0. The third-order valence-electron chi connectivity index (χ3n) is 2.24. The molecule has 0 spiro atoms. The Balaban J connectivity index is 2.30. The largest absolute Gasteiger partial charge is 0.311 e. The molecule has 0 bridgehead atoms. The van der Waals surface area contributed by atoms with E-state index in [9.17, 15) is 10.1 Å². The molecule has 0 atom stereocenters. The van der Waals surface area contributed by atoms with Crippen LogP contribution in [0.15, 0.2) is 30.5 Å². The summed E-state index contributed by atoms with van der Waals surface area (Å²) in [6.07, 6.45) is 1.81. The Labute approximate surface area is 93.1 Å². The van der Waals surface area contributed by atoms with Crippen LogP contribution in [-0.4, -0.2) is 34.9 Å². The van der Waals surface area contributed by atoms with Crippen LogP contribution in [0.5, 0.6) is 0 Å². The fraction of sp³-hybridized carbons (Fsp3) is 0. The van der Waals surface area contributed by atoms with Gasteiger partial charge < -0.3 is 4.59 Å². The van der Waals surface area contributed by atoms with Crippen LogP contribution >= 0.6 is 0 Å². The maximum atomic E-state index is 10.5. The van der Waals surface area contributed by atoms with Crippen molar-refractivity contribution in [1.82, 2.24) is 14.9 Å². The van der Waals surface area contributed by atoms with E-state index in [2.05, 4.69) is 10.3 Å². The highest BCUT2D eigenvalue weighted by Crippen LogP contribution is 2.19. The minimum absolute atomic E-state index is 0.0756. The molecule has 0 N–H and O–H groups in total. The summed E-state index contributed by atoms with van der Waals surface area (Å²) in [4.78, 5) is 10.0. The first-order valence-electron chi connectivity index (χ1n) is 4.85. The number of nitro benzene ring substituents is 1. The number of benzene rings is 1. The highest BCUT2D eigenvalue weighted by Gasteiger charge is 2.07. The van der Waals surface area contributed by atoms with Crippen LogP contribution in [0.25, 0.3) is 11.3 Å². The quantitative estimate of drug-likeness (QED) is 0.395. The smallest absolute Gasteiger partial charge is 0.269 e. The summed E-state index contributed by atoms with van der Waals surface area (Å²) >= 11 is 0. The lowest BCUT2D eigenvalue weighted by Crippen LogP contribution is -2.05. The molecule has 0 amide bonds. The molecule has 0 aliphatic carbocycles. The van der Waals surface area contributed by atoms with Gasteiger partial charge in [0.15, 0.2) is 0 Å². The SMILES string of the molecule is BBn1cc(-c2ccc([N+](=O)[O-])cc2)nn1. The van der Waals surface area contributed by atoms with Gasteiger partial charge in [-0.2, -0.15) is 0 Å². The van der Waals surface area contributed by atoms with Crippen molar-refractivity contribution < 1.29 is 4.92 Å². The molecule has 1 aromatic heterocycles. The van der Waals surface area contributed by atoms with E-state index < -0.39 is 4.92 Å². The number of aromatic nitrogens is 3. The number of hydrogen-bond donors (Lipinski definition) is 0. The van der Waals surface area contributed by atoms with Gasteiger partial charge in [-0.25, -0.2) is 0 Å². The fourth-order valence-corrected chi connectivity index (χ4v) is 1.34. The molecule has 0 fully saturated rings. The summed E-state index contributed by atoms with van der Waals surface area (Å²) in [5, 5.41) is 18.3. The van der Waals surface area contributed by atoms with Gasteiger partial charge in [0.1, 0.15) is 5.69 Å². The number of non-ortho nitro benzene ring substituents is 1. The van der Waals surface area contributed by atoms with Gasteiger partial charge in [-0.3, -0.25) is 10.1 Å². The van der Waals surface area contributed by atoms with Crippen molar-refractivity contribution in [2.45, 2.75) is 0 Å². The summed E-state index contributed by atoms with van der Waals surface area (Å²) in [6.45, 7) is 0. The van der Waals surface area contributed by atoms with E-state index in [0.29, 0.717) is 0 Å². The van der Waals surface area contributed by atoms with Gasteiger partial charge in [0.25, 0.3) is 5.69 Å². The number of nitrogens with zero attached hydrogens (tertiary/aromatic N) is 4. The van der Waals surface area contributed by atoms with Gasteiger partial charge in [0.05, 0.1) is 12.7 Å². The molecular weight excluding hydrogens is 206 g/mol. The summed E-state index contributed by atoms with van der Waals surface area (Å²) in [5.74, 6) is 0. The van der Waals surface area contributed by atoms with Crippen molar-refractivity contribution in [2.24, 2.45) is 0 Å². The summed E-state index contributed by atoms with van der Waals surface area (Å²) in [6, 6.07) is 6.25. The van der Waals surface area contributed by atoms with Gasteiger partial charge in [0, 0.05) is 23.9 Å². The van der Waals surface area contributed by atoms with E-state index in [1.54, 1.807) is 22.9 Å². The number of nitro groups is 1. The number of hydrogen-bond acceptors (Lipinski definition) is 4. The zero-order chi connectivity index (χ0) is 11.5. The van der Waals surface area contributed by atoms with E-state index in [-0.39, 0.29) is 5.69 Å². The highest BCUT2D eigenvalue weighted by atomic mass is 16.6. The molecule has 2 rings (SSSR count). The molecule has 0 radical (unpaired) electrons. The monoisotopic (exact) mass is 214 g/mol. The van der Waals surface area contributed by atoms with Crippen LogP contribution in [0.3, 0.4) is 0 Å². The molecule has 6 nitrogen and oxygen atoms in total. The first-order valence-corrected chi connectivity index (χ1v) is 4.85. The Morgan fingerprint density at radius 2 is 2.06 bits per heavy atom. The predicted octanol–water partition coefficient (Wildman–Crippen LogP) is -0.399. The summed E-state index contributed by atoms with van der Waals surface area (Å²) in [7, 11) is 2.72. The molecule has 78 valence electrons. The topological polar surface area (TPSA) is 73.8 Å². The zero-order valence-corrected chi connectivity index (χ0v) is 8.70. The van der Waals surface area contributed by atoms with Crippen molar-refractivity contribution in [1.29, 1.82) is 0 Å². The van der Waals surface area contributed by atoms with Crippen molar-refractivity contribution in [3.63, 3.8) is 0 Å². The maximum Gasteiger partial charge on any atom is 0.269 e. The van der Waals surface area contributed by atoms with Gasteiger partial charge >= 0.3 is 0 Å². The third kappa shape index (κ3) is 1.95. The van der Waals surface area contributed by atoms with Crippen LogP contribution in [0.1, 0.15) is 0 Å². The van der Waals surface area contributed by atoms with Crippen LogP contribution in [0.2, 0.25) is 0 Å². The van der Waals surface area contributed by atoms with Crippen molar-refractivity contribution in [3.05, 3.63) is 40.6 Å². The highest BCUT2D eigenvalue weighted by molar-refractivity contribution is 6.88. The second-order valence-electron chi connectivity index (χ2n) is 3.26. The van der Waals surface area contributed by atoms with E-state index in [4.69, 9.17) is 0 Å². The number of rotatable bonds is 3. The third-order valence-corrected chi connectivity index (χ3v) is 2.24. The van der Waals surface area contributed by atoms with Gasteiger partial charge in [0.2, 0.25) is 7.31 Å². The molecule has 8 heteroatoms. The first kappa shape index (κ1) is 10.4. The van der Waals surface area contributed by atoms with Crippen LogP contribution in [0.4, 0.5) is 5.69 Å². The van der Waals surface area contributed by atoms with Crippen LogP contribution in [-0.2, 0) is 0 Å². The van der Waals surface area contributed by atoms with Crippen LogP contribution in [0, 0.1) is 10.1 Å². The second-order valence-corrected chi connectivity index (χ2v) is 3.26. The minimum Gasteiger partial charge on any atom is -0.311 e. The molecule has 0 unspecified atom stereocenters. The lowest BCUT2D eigenvalue weighted by atomic mass is 9.67. The fourth-order valence-electron chi connectivity index (χ4n) is 1.34. The van der Waals surface area contributed by atoms with Crippen molar-refractivity contribution in [2.75, 3.05) is 0 Å². The second kappa shape index (κ2) is 4.18. The molecule has 0 aliphatic rings. The molecule has 0 saturated heterocycles. The summed E-state index contributed by atoms with van der Waals surface area (Å²) in [5.41, 5.74) is 1.62. The predicted molar refractivity (Wildman–Crippen MR) is 63.2 cm³/mol. The van der Waals surface area contributed by atoms with Crippen molar-refractivity contribution in [3.8, 4) is 11.3 Å². The van der Waals surface area contributed by atoms with Crippen LogP contribution < -0.4 is 0 Å². The van der Waals surface area contributed by atoms with Gasteiger partial charge in [-0.05, 0) is 12.1 Å². The van der Waals surface area contributed by atoms with E-state index >= 15 is 0 Å². The molecular formula is C8H8B2N4O2. The van der Waals surface area contributed by atoms with Crippen molar-refractivity contribution >= 4 is 20.7 Å². The molecule has 1 aromatic carbocycles. The maximum absolute atomic E-state index is 10.5. The molecule has 0 aliphatic heterocycles. The van der Waals surface area contributed by atoms with E-state index in [1.165, 1.54) is 12.1 Å². The Hall–Kier alpha value is -2.11. The summed E-state index contributed by atoms with van der Waals surface area (Å²) < 4.78 is 1.71. The molecule has 0 saturated carbocycles.